The summed E-state index contributed by atoms with van der Waals surface area (Å²) in [6, 6.07) is 8.40. The third-order valence-corrected chi connectivity index (χ3v) is 6.12. The zero-order chi connectivity index (χ0) is 21.4. The number of rotatable bonds is 4. The van der Waals surface area contributed by atoms with Crippen molar-refractivity contribution in [2.24, 2.45) is 0 Å². The smallest absolute Gasteiger partial charge is 0.444 e. The zero-order valence-corrected chi connectivity index (χ0v) is 19.1. The first-order valence-electron chi connectivity index (χ1n) is 9.87. The molecule has 1 N–H and O–H groups in total. The Morgan fingerprint density at radius 3 is 2.45 bits per heavy atom. The number of fused-ring (bicyclic) bond motifs is 1. The average Bonchev–Trinajstić information content (AvgIpc) is 3.11. The van der Waals surface area contributed by atoms with Gasteiger partial charge in [-0.2, -0.15) is 0 Å². The van der Waals surface area contributed by atoms with Gasteiger partial charge >= 0.3 is 13.2 Å². The largest absolute Gasteiger partial charge is 0.492 e. The molecule has 29 heavy (non-hydrogen) atoms. The van der Waals surface area contributed by atoms with Crippen molar-refractivity contribution < 1.29 is 18.8 Å². The molecule has 156 valence electrons. The highest BCUT2D eigenvalue weighted by Gasteiger charge is 2.52. The fourth-order valence-corrected chi connectivity index (χ4v) is 3.75. The molecule has 0 radical (unpaired) electrons. The molecule has 0 saturated carbocycles. The van der Waals surface area contributed by atoms with Crippen LogP contribution in [0.2, 0.25) is 0 Å². The molecule has 0 unspecified atom stereocenters. The van der Waals surface area contributed by atoms with Gasteiger partial charge in [-0.05, 0) is 88.5 Å². The molecule has 1 saturated heterocycles. The normalized spacial score (nSPS) is 18.9. The van der Waals surface area contributed by atoms with Crippen LogP contribution in [0.1, 0.15) is 54.0 Å². The van der Waals surface area contributed by atoms with Crippen molar-refractivity contribution in [2.75, 3.05) is 6.54 Å². The molecule has 1 aromatic heterocycles. The maximum atomic E-state index is 12.2. The Morgan fingerprint density at radius 2 is 1.83 bits per heavy atom. The van der Waals surface area contributed by atoms with E-state index in [2.05, 4.69) is 35.0 Å². The number of carbonyl (C=O) groups is 1. The molecular formula is C22H30BNO4S. The highest BCUT2D eigenvalue weighted by atomic mass is 32.1. The van der Waals surface area contributed by atoms with Crippen molar-refractivity contribution in [3.05, 3.63) is 40.7 Å². The number of thiophene rings is 1. The molecule has 1 aromatic carbocycles. The molecule has 0 spiro atoms. The van der Waals surface area contributed by atoms with Crippen LogP contribution in [0.5, 0.6) is 0 Å². The second-order valence-corrected chi connectivity index (χ2v) is 10.3. The van der Waals surface area contributed by atoms with Crippen LogP contribution in [-0.2, 0) is 14.0 Å². The second kappa shape index (κ2) is 7.78. The lowest BCUT2D eigenvalue weighted by Crippen LogP contribution is -2.41. The summed E-state index contributed by atoms with van der Waals surface area (Å²) in [6.07, 6.45) is 1.56. The van der Waals surface area contributed by atoms with Crippen LogP contribution in [0.15, 0.2) is 35.1 Å². The Hall–Kier alpha value is -1.83. The molecule has 5 nitrogen and oxygen atoms in total. The lowest BCUT2D eigenvalue weighted by Gasteiger charge is -2.32. The van der Waals surface area contributed by atoms with Gasteiger partial charge in [0.15, 0.2) is 0 Å². The molecule has 1 aliphatic heterocycles. The van der Waals surface area contributed by atoms with E-state index in [9.17, 15) is 4.79 Å². The monoisotopic (exact) mass is 415 g/mol. The third-order valence-electron chi connectivity index (χ3n) is 5.22. The summed E-state index contributed by atoms with van der Waals surface area (Å²) < 4.78 is 19.1. The topological polar surface area (TPSA) is 56.8 Å². The molecule has 0 bridgehead atoms. The van der Waals surface area contributed by atoms with Crippen LogP contribution in [0.25, 0.3) is 16.2 Å². The molecule has 1 amide bonds. The summed E-state index contributed by atoms with van der Waals surface area (Å²) >= 11 is 1.72. The van der Waals surface area contributed by atoms with Gasteiger partial charge in [0.05, 0.1) is 11.2 Å². The van der Waals surface area contributed by atoms with Crippen LogP contribution in [0, 0.1) is 0 Å². The van der Waals surface area contributed by atoms with E-state index in [0.29, 0.717) is 0 Å². The number of ether oxygens (including phenoxy) is 1. The number of carbonyl (C=O) groups excluding carboxylic acids is 1. The molecule has 0 aliphatic carbocycles. The minimum absolute atomic E-state index is 0.271. The average molecular weight is 415 g/mol. The van der Waals surface area contributed by atoms with E-state index < -0.39 is 30.0 Å². The van der Waals surface area contributed by atoms with Gasteiger partial charge in [-0.15, -0.1) is 11.3 Å². The van der Waals surface area contributed by atoms with Crippen molar-refractivity contribution in [3.63, 3.8) is 0 Å². The number of alkyl carbamates (subject to hydrolysis) is 1. The fraction of sp³-hybridized carbons (Fsp3) is 0.500. The van der Waals surface area contributed by atoms with Crippen LogP contribution in [-0.4, -0.2) is 36.6 Å². The maximum Gasteiger partial charge on any atom is 0.492 e. The van der Waals surface area contributed by atoms with Gasteiger partial charge in [0, 0.05) is 11.2 Å². The van der Waals surface area contributed by atoms with Crippen LogP contribution >= 0.6 is 11.3 Å². The minimum Gasteiger partial charge on any atom is -0.444 e. The molecule has 7 heteroatoms. The quantitative estimate of drug-likeness (QED) is 0.676. The van der Waals surface area contributed by atoms with E-state index in [-0.39, 0.29) is 6.54 Å². The molecule has 2 aromatic rings. The Balaban J connectivity index is 1.86. The molecule has 1 fully saturated rings. The Bertz CT molecular complexity index is 910. The molecule has 1 aliphatic rings. The summed E-state index contributed by atoms with van der Waals surface area (Å²) in [5, 5.41) is 6.11. The van der Waals surface area contributed by atoms with Crippen molar-refractivity contribution in [1.82, 2.24) is 5.32 Å². The van der Waals surface area contributed by atoms with Gasteiger partial charge in [-0.1, -0.05) is 12.1 Å². The van der Waals surface area contributed by atoms with E-state index in [1.807, 2.05) is 54.5 Å². The Morgan fingerprint density at radius 1 is 1.17 bits per heavy atom. The number of nitrogens with one attached hydrogen (secondary N) is 1. The van der Waals surface area contributed by atoms with E-state index >= 15 is 0 Å². The Kier molecular flexibility index (Phi) is 5.87. The maximum absolute atomic E-state index is 12.2. The summed E-state index contributed by atoms with van der Waals surface area (Å²) in [4.78, 5) is 12.2. The van der Waals surface area contributed by atoms with Gasteiger partial charge in [-0.25, -0.2) is 4.79 Å². The lowest BCUT2D eigenvalue weighted by molar-refractivity contribution is 0.00578. The van der Waals surface area contributed by atoms with Crippen molar-refractivity contribution in [1.29, 1.82) is 0 Å². The second-order valence-electron chi connectivity index (χ2n) is 9.38. The first-order chi connectivity index (χ1) is 13.4. The van der Waals surface area contributed by atoms with Gasteiger partial charge < -0.3 is 19.4 Å². The number of amides is 1. The number of hydrogen-bond acceptors (Lipinski definition) is 5. The van der Waals surface area contributed by atoms with Crippen molar-refractivity contribution in [3.8, 4) is 0 Å². The SMILES string of the molecule is CC(C)(C)OC(=O)NCC(=Cc1ccc2sccc2c1)B1OC(C)(C)C(C)(C)O1. The van der Waals surface area contributed by atoms with Gasteiger partial charge in [0.1, 0.15) is 5.60 Å². The standard InChI is InChI=1S/C22H30BNO4S/c1-20(2,3)26-19(25)24-14-17(23-27-21(4,5)22(6,7)28-23)13-15-8-9-18-16(12-15)10-11-29-18/h8-13H,14H2,1-7H3,(H,24,25). The summed E-state index contributed by atoms with van der Waals surface area (Å²) in [5.41, 5.74) is 0.401. The Labute approximate surface area is 177 Å². The third kappa shape index (κ3) is 5.21. The molecule has 0 atom stereocenters. The van der Waals surface area contributed by atoms with Gasteiger partial charge in [-0.3, -0.25) is 0 Å². The fourth-order valence-electron chi connectivity index (χ4n) is 2.97. The van der Waals surface area contributed by atoms with E-state index in [1.165, 1.54) is 10.1 Å². The highest BCUT2D eigenvalue weighted by Crippen LogP contribution is 2.39. The molecule has 2 heterocycles. The summed E-state index contributed by atoms with van der Waals surface area (Å²) in [7, 11) is -0.548. The minimum atomic E-state index is -0.553. The van der Waals surface area contributed by atoms with Crippen LogP contribution in [0.4, 0.5) is 4.79 Å². The summed E-state index contributed by atoms with van der Waals surface area (Å²) in [6.45, 7) is 13.9. The first-order valence-corrected chi connectivity index (χ1v) is 10.7. The van der Waals surface area contributed by atoms with Crippen molar-refractivity contribution >= 4 is 40.7 Å². The zero-order valence-electron chi connectivity index (χ0n) is 18.3. The predicted molar refractivity (Wildman–Crippen MR) is 120 cm³/mol. The predicted octanol–water partition coefficient (Wildman–Crippen LogP) is 5.44. The van der Waals surface area contributed by atoms with Crippen molar-refractivity contribution in [2.45, 2.75) is 65.3 Å². The lowest BCUT2D eigenvalue weighted by atomic mass is 9.77. The van der Waals surface area contributed by atoms with Crippen LogP contribution in [0.3, 0.4) is 0 Å². The van der Waals surface area contributed by atoms with Gasteiger partial charge in [0.2, 0.25) is 0 Å². The highest BCUT2D eigenvalue weighted by molar-refractivity contribution is 7.17. The van der Waals surface area contributed by atoms with E-state index in [1.54, 1.807) is 11.3 Å². The number of hydrogen-bond donors (Lipinski definition) is 1. The first kappa shape index (κ1) is 21.9. The van der Waals surface area contributed by atoms with Gasteiger partial charge in [0.25, 0.3) is 0 Å². The van der Waals surface area contributed by atoms with E-state index in [4.69, 9.17) is 14.0 Å². The number of benzene rings is 1. The molecular weight excluding hydrogens is 385 g/mol. The molecule has 3 rings (SSSR count). The van der Waals surface area contributed by atoms with E-state index in [0.717, 1.165) is 11.0 Å². The summed E-state index contributed by atoms with van der Waals surface area (Å²) in [5.74, 6) is 0. The van der Waals surface area contributed by atoms with Crippen LogP contribution < -0.4 is 5.32 Å².